The number of hydrogen-bond acceptors (Lipinski definition) is 8. The van der Waals surface area contributed by atoms with Gasteiger partial charge in [0.05, 0.1) is 27.8 Å². The number of nitrogens with zero attached hydrogens (tertiary/aromatic N) is 5. The molecule has 0 aliphatic rings. The van der Waals surface area contributed by atoms with Crippen molar-refractivity contribution in [1.29, 1.82) is 0 Å². The molecule has 0 fully saturated rings. The summed E-state index contributed by atoms with van der Waals surface area (Å²) in [7, 11) is -3.99. The fourth-order valence-corrected chi connectivity index (χ4v) is 6.39. The molecule has 5 aromatic rings. The molecule has 0 aliphatic heterocycles. The summed E-state index contributed by atoms with van der Waals surface area (Å²) in [5, 5.41) is 22.7. The number of amides is 1. The van der Waals surface area contributed by atoms with Crippen LogP contribution in [-0.2, 0) is 21.4 Å². The molecule has 11 nitrogen and oxygen atoms in total. The third-order valence-corrected chi connectivity index (χ3v) is 9.06. The van der Waals surface area contributed by atoms with E-state index in [1.165, 1.54) is 28.6 Å². The van der Waals surface area contributed by atoms with E-state index < -0.39 is 14.9 Å². The number of nitrogens with one attached hydrogen (secondary N) is 1. The predicted octanol–water partition coefficient (Wildman–Crippen LogP) is 5.61. The molecule has 13 heteroatoms. The third kappa shape index (κ3) is 6.90. The molecular formula is C30H26N6O5S2. The fraction of sp³-hybridized carbons (Fsp3) is 0.100. The number of nitro benzene ring substituents is 1. The zero-order valence-electron chi connectivity index (χ0n) is 22.9. The first-order valence-corrected chi connectivity index (χ1v) is 15.5. The molecule has 0 radical (unpaired) electrons. The number of sulfonamides is 1. The number of para-hydroxylation sites is 2. The van der Waals surface area contributed by atoms with Gasteiger partial charge in [0.15, 0.2) is 11.0 Å². The number of nitro groups is 1. The molecule has 218 valence electrons. The van der Waals surface area contributed by atoms with E-state index >= 15 is 0 Å². The largest absolute Gasteiger partial charge is 0.325 e. The van der Waals surface area contributed by atoms with Gasteiger partial charge in [-0.25, -0.2) is 8.42 Å². The average Bonchev–Trinajstić information content (AvgIpc) is 3.42. The van der Waals surface area contributed by atoms with E-state index in [0.717, 1.165) is 17.3 Å². The van der Waals surface area contributed by atoms with Crippen molar-refractivity contribution in [2.24, 2.45) is 0 Å². The van der Waals surface area contributed by atoms with Crippen molar-refractivity contribution < 1.29 is 18.1 Å². The van der Waals surface area contributed by atoms with Gasteiger partial charge in [0.2, 0.25) is 5.91 Å². The average molecular weight is 615 g/mol. The zero-order valence-corrected chi connectivity index (χ0v) is 24.5. The van der Waals surface area contributed by atoms with Gasteiger partial charge >= 0.3 is 0 Å². The Balaban J connectivity index is 1.44. The van der Waals surface area contributed by atoms with Crippen molar-refractivity contribution in [3.63, 3.8) is 0 Å². The normalized spacial score (nSPS) is 11.2. The predicted molar refractivity (Wildman–Crippen MR) is 165 cm³/mol. The lowest BCUT2D eigenvalue weighted by Crippen LogP contribution is -2.31. The van der Waals surface area contributed by atoms with Crippen molar-refractivity contribution in [1.82, 2.24) is 14.8 Å². The Morgan fingerprint density at radius 3 is 2.16 bits per heavy atom. The maximum Gasteiger partial charge on any atom is 0.269 e. The molecule has 0 bridgehead atoms. The summed E-state index contributed by atoms with van der Waals surface area (Å²) in [4.78, 5) is 23.2. The maximum absolute atomic E-state index is 13.9. The highest BCUT2D eigenvalue weighted by Gasteiger charge is 2.28. The standard InChI is InChI=1S/C30H26N6O5S2/c1-22-12-18-27(19-13-22)43(40,41)34(24-8-4-2-5-9-24)20-28-32-33-30(35(28)25-10-6-3-7-11-25)42-21-29(37)31-23-14-16-26(17-15-23)36(38)39/h2-19H,20-21H2,1H3,(H,31,37). The van der Waals surface area contributed by atoms with E-state index in [1.54, 1.807) is 53.1 Å². The summed E-state index contributed by atoms with van der Waals surface area (Å²) in [6.07, 6.45) is 0. The van der Waals surface area contributed by atoms with Gasteiger partial charge in [0, 0.05) is 23.5 Å². The van der Waals surface area contributed by atoms with E-state index in [4.69, 9.17) is 0 Å². The number of aromatic nitrogens is 3. The van der Waals surface area contributed by atoms with E-state index in [0.29, 0.717) is 28.0 Å². The number of carbonyl (C=O) groups excluding carboxylic acids is 1. The molecule has 0 atom stereocenters. The van der Waals surface area contributed by atoms with Gasteiger partial charge in [-0.15, -0.1) is 10.2 Å². The number of anilines is 2. The lowest BCUT2D eigenvalue weighted by molar-refractivity contribution is -0.384. The monoisotopic (exact) mass is 614 g/mol. The first-order chi connectivity index (χ1) is 20.7. The van der Waals surface area contributed by atoms with Crippen LogP contribution in [0.4, 0.5) is 17.1 Å². The van der Waals surface area contributed by atoms with Crippen LogP contribution >= 0.6 is 11.8 Å². The minimum atomic E-state index is -3.99. The molecule has 0 spiro atoms. The summed E-state index contributed by atoms with van der Waals surface area (Å²) in [6.45, 7) is 1.76. The smallest absolute Gasteiger partial charge is 0.269 e. The van der Waals surface area contributed by atoms with Crippen molar-refractivity contribution in [3.05, 3.63) is 131 Å². The molecular weight excluding hydrogens is 589 g/mol. The summed E-state index contributed by atoms with van der Waals surface area (Å²) in [5.41, 5.74) is 2.43. The van der Waals surface area contributed by atoms with Gasteiger partial charge in [0.1, 0.15) is 0 Å². The highest BCUT2D eigenvalue weighted by Crippen LogP contribution is 2.29. The minimum Gasteiger partial charge on any atom is -0.325 e. The Labute approximate surface area is 252 Å². The van der Waals surface area contributed by atoms with Crippen LogP contribution in [0.3, 0.4) is 0 Å². The lowest BCUT2D eigenvalue weighted by Gasteiger charge is -2.24. The van der Waals surface area contributed by atoms with Crippen LogP contribution in [0.25, 0.3) is 5.69 Å². The van der Waals surface area contributed by atoms with Crippen LogP contribution in [0, 0.1) is 17.0 Å². The second kappa shape index (κ2) is 12.9. The van der Waals surface area contributed by atoms with Crippen LogP contribution in [0.1, 0.15) is 11.4 Å². The molecule has 1 N–H and O–H groups in total. The first-order valence-electron chi connectivity index (χ1n) is 13.0. The molecule has 0 unspecified atom stereocenters. The fourth-order valence-electron chi connectivity index (χ4n) is 4.20. The number of carbonyl (C=O) groups is 1. The molecule has 1 aromatic heterocycles. The number of non-ortho nitro benzene ring substituents is 1. The van der Waals surface area contributed by atoms with Gasteiger partial charge in [-0.2, -0.15) is 0 Å². The van der Waals surface area contributed by atoms with Crippen LogP contribution in [-0.4, -0.2) is 39.8 Å². The number of hydrogen-bond donors (Lipinski definition) is 1. The Morgan fingerprint density at radius 1 is 0.907 bits per heavy atom. The zero-order chi connectivity index (χ0) is 30.4. The second-order valence-corrected chi connectivity index (χ2v) is 12.2. The SMILES string of the molecule is Cc1ccc(S(=O)(=O)N(Cc2nnc(SCC(=O)Nc3ccc([N+](=O)[O-])cc3)n2-c2ccccc2)c2ccccc2)cc1. The highest BCUT2D eigenvalue weighted by atomic mass is 32.2. The molecule has 0 aliphatic carbocycles. The van der Waals surface area contributed by atoms with E-state index in [9.17, 15) is 23.3 Å². The summed E-state index contributed by atoms with van der Waals surface area (Å²) in [6, 6.07) is 30.2. The number of aryl methyl sites for hydroxylation is 1. The van der Waals surface area contributed by atoms with E-state index in [-0.39, 0.29) is 28.8 Å². The van der Waals surface area contributed by atoms with Crippen molar-refractivity contribution in [2.75, 3.05) is 15.4 Å². The van der Waals surface area contributed by atoms with Crippen molar-refractivity contribution >= 4 is 44.8 Å². The number of thioether (sulfide) groups is 1. The molecule has 4 aromatic carbocycles. The van der Waals surface area contributed by atoms with Crippen molar-refractivity contribution in [2.45, 2.75) is 23.5 Å². The molecule has 1 heterocycles. The maximum atomic E-state index is 13.9. The summed E-state index contributed by atoms with van der Waals surface area (Å²) in [5.74, 6) is -0.0358. The van der Waals surface area contributed by atoms with Gasteiger partial charge in [0.25, 0.3) is 15.7 Å². The topological polar surface area (TPSA) is 140 Å². The lowest BCUT2D eigenvalue weighted by atomic mass is 10.2. The van der Waals surface area contributed by atoms with E-state index in [2.05, 4.69) is 15.5 Å². The Kier molecular flexibility index (Phi) is 8.83. The minimum absolute atomic E-state index is 0.0357. The first kappa shape index (κ1) is 29.5. The molecule has 1 amide bonds. The Hall–Kier alpha value is -5.01. The Bertz CT molecular complexity index is 1830. The van der Waals surface area contributed by atoms with E-state index in [1.807, 2.05) is 43.3 Å². The van der Waals surface area contributed by atoms with Crippen LogP contribution < -0.4 is 9.62 Å². The second-order valence-electron chi connectivity index (χ2n) is 9.37. The van der Waals surface area contributed by atoms with Gasteiger partial charge < -0.3 is 5.32 Å². The highest BCUT2D eigenvalue weighted by molar-refractivity contribution is 7.99. The molecule has 43 heavy (non-hydrogen) atoms. The summed E-state index contributed by atoms with van der Waals surface area (Å²) >= 11 is 1.13. The summed E-state index contributed by atoms with van der Waals surface area (Å²) < 4.78 is 30.9. The van der Waals surface area contributed by atoms with Crippen LogP contribution in [0.2, 0.25) is 0 Å². The van der Waals surface area contributed by atoms with Gasteiger partial charge in [-0.3, -0.25) is 23.8 Å². The van der Waals surface area contributed by atoms with Crippen LogP contribution in [0.15, 0.2) is 119 Å². The molecule has 5 rings (SSSR count). The number of benzene rings is 4. The Morgan fingerprint density at radius 2 is 1.53 bits per heavy atom. The van der Waals surface area contributed by atoms with Crippen LogP contribution in [0.5, 0.6) is 0 Å². The van der Waals surface area contributed by atoms with Crippen molar-refractivity contribution in [3.8, 4) is 5.69 Å². The third-order valence-electron chi connectivity index (χ3n) is 6.35. The molecule has 0 saturated heterocycles. The van der Waals surface area contributed by atoms with Gasteiger partial charge in [-0.1, -0.05) is 65.9 Å². The van der Waals surface area contributed by atoms with Gasteiger partial charge in [-0.05, 0) is 55.5 Å². The quantitative estimate of drug-likeness (QED) is 0.115. The number of rotatable bonds is 11. The molecule has 0 saturated carbocycles.